The molecule has 2 aromatic heterocycles. The number of ketones is 1. The maximum Gasteiger partial charge on any atom is 0.266 e. The number of pyridine rings is 1. The van der Waals surface area contributed by atoms with Crippen LogP contribution in [-0.2, 0) is 14.9 Å². The Hall–Kier alpha value is -2.41. The van der Waals surface area contributed by atoms with Crippen molar-refractivity contribution < 1.29 is 18.3 Å². The third kappa shape index (κ3) is 3.96. The number of rotatable bonds is 4. The average molecular weight is 562 g/mol. The van der Waals surface area contributed by atoms with Crippen molar-refractivity contribution in [3.8, 4) is 11.6 Å². The largest absolute Gasteiger partial charge is 0.418 e. The molecule has 5 aliphatic rings. The minimum Gasteiger partial charge on any atom is -0.418 e. The van der Waals surface area contributed by atoms with Crippen LogP contribution in [-0.4, -0.2) is 34.2 Å². The van der Waals surface area contributed by atoms with Gasteiger partial charge in [-0.05, 0) is 121 Å². The van der Waals surface area contributed by atoms with Gasteiger partial charge in [-0.1, -0.05) is 27.7 Å². The summed E-state index contributed by atoms with van der Waals surface area (Å²) in [5, 5.41) is 8.90. The van der Waals surface area contributed by atoms with Crippen molar-refractivity contribution in [2.45, 2.75) is 97.0 Å². The average Bonchev–Trinajstić information content (AvgIpc) is 3.57. The zero-order valence-corrected chi connectivity index (χ0v) is 25.2. The van der Waals surface area contributed by atoms with Crippen molar-refractivity contribution in [3.05, 3.63) is 41.2 Å². The van der Waals surface area contributed by atoms with E-state index >= 15 is 0 Å². The van der Waals surface area contributed by atoms with E-state index < -0.39 is 11.2 Å². The molecule has 0 radical (unpaired) electrons. The van der Waals surface area contributed by atoms with E-state index in [4.69, 9.17) is 9.15 Å². The molecule has 6 nitrogen and oxygen atoms in total. The molecule has 7 heteroatoms. The molecular weight excluding hydrogens is 517 g/mol. The number of fused-ring (bicyclic) bond motifs is 7. The van der Waals surface area contributed by atoms with Gasteiger partial charge in [-0.3, -0.25) is 4.79 Å². The lowest BCUT2D eigenvalue weighted by molar-refractivity contribution is -0.143. The highest BCUT2D eigenvalue weighted by atomic mass is 19.1. The molecule has 9 atom stereocenters. The number of allylic oxidation sites excluding steroid dienone is 2. The van der Waals surface area contributed by atoms with Crippen LogP contribution in [0.2, 0.25) is 0 Å². The van der Waals surface area contributed by atoms with Crippen LogP contribution in [0.5, 0.6) is 0 Å². The maximum atomic E-state index is 13.8. The van der Waals surface area contributed by atoms with Gasteiger partial charge in [0.1, 0.15) is 11.5 Å². The molecule has 41 heavy (non-hydrogen) atoms. The number of halogens is 1. The molecule has 0 aromatic carbocycles. The first-order valence-corrected chi connectivity index (χ1v) is 15.9. The first-order valence-electron chi connectivity index (χ1n) is 15.9. The lowest BCUT2D eigenvalue weighted by Gasteiger charge is -2.62. The van der Waals surface area contributed by atoms with Gasteiger partial charge in [0.15, 0.2) is 5.78 Å². The van der Waals surface area contributed by atoms with Crippen LogP contribution in [0.3, 0.4) is 0 Å². The van der Waals surface area contributed by atoms with Crippen molar-refractivity contribution in [1.29, 1.82) is 0 Å². The topological polar surface area (TPSA) is 78.1 Å². The molecule has 0 N–H and O–H groups in total. The first kappa shape index (κ1) is 27.4. The normalized spacial score (nSPS) is 40.3. The second-order valence-corrected chi connectivity index (χ2v) is 14.5. The molecule has 9 unspecified atom stereocenters. The first-order chi connectivity index (χ1) is 19.7. The second kappa shape index (κ2) is 9.82. The minimum atomic E-state index is -0.526. The molecule has 7 rings (SSSR count). The van der Waals surface area contributed by atoms with E-state index in [0.29, 0.717) is 53.2 Å². The summed E-state index contributed by atoms with van der Waals surface area (Å²) in [7, 11) is 1.89. The molecule has 2 heterocycles. The lowest BCUT2D eigenvalue weighted by atomic mass is 9.43. The summed E-state index contributed by atoms with van der Waals surface area (Å²) >= 11 is 0. The Morgan fingerprint density at radius 3 is 2.56 bits per heavy atom. The van der Waals surface area contributed by atoms with Gasteiger partial charge in [0.2, 0.25) is 5.89 Å². The summed E-state index contributed by atoms with van der Waals surface area (Å²) in [6.45, 7) is 9.36. The molecule has 5 aliphatic carbocycles. The summed E-state index contributed by atoms with van der Waals surface area (Å²) in [5.41, 5.74) is 2.64. The van der Waals surface area contributed by atoms with Crippen LogP contribution < -0.4 is 0 Å². The van der Waals surface area contributed by atoms with Crippen LogP contribution in [0.4, 0.5) is 4.39 Å². The fourth-order valence-electron chi connectivity index (χ4n) is 10.9. The Balaban J connectivity index is 1.24. The molecule has 4 fully saturated rings. The molecule has 220 valence electrons. The number of aromatic nitrogens is 3. The van der Waals surface area contributed by atoms with Crippen molar-refractivity contribution in [3.63, 3.8) is 0 Å². The van der Waals surface area contributed by atoms with Crippen LogP contribution in [0.25, 0.3) is 11.6 Å². The number of Topliss-reactive ketones (excluding diaryl/α,β-unsaturated/α-hetero) is 1. The minimum absolute atomic E-state index is 0.162. The van der Waals surface area contributed by atoms with E-state index in [-0.39, 0.29) is 17.6 Å². The van der Waals surface area contributed by atoms with Gasteiger partial charge in [-0.15, -0.1) is 10.2 Å². The number of nitrogens with zero attached hydrogens (tertiary/aromatic N) is 3. The van der Waals surface area contributed by atoms with E-state index in [1.54, 1.807) is 6.07 Å². The third-order valence-electron chi connectivity index (χ3n) is 12.6. The van der Waals surface area contributed by atoms with Crippen molar-refractivity contribution >= 4 is 5.78 Å². The van der Waals surface area contributed by atoms with E-state index in [2.05, 4.69) is 42.9 Å². The highest BCUT2D eigenvalue weighted by Crippen LogP contribution is 2.67. The Bertz CT molecular complexity index is 1370. The number of hydrogen-bond acceptors (Lipinski definition) is 6. The molecule has 0 amide bonds. The van der Waals surface area contributed by atoms with Gasteiger partial charge in [0.05, 0.1) is 17.7 Å². The molecule has 0 saturated heterocycles. The van der Waals surface area contributed by atoms with Crippen LogP contribution in [0.15, 0.2) is 33.9 Å². The van der Waals surface area contributed by atoms with E-state index in [1.165, 1.54) is 49.9 Å². The molecule has 0 spiro atoms. The van der Waals surface area contributed by atoms with Crippen molar-refractivity contribution in [2.24, 2.45) is 46.8 Å². The van der Waals surface area contributed by atoms with Gasteiger partial charge in [-0.25, -0.2) is 9.37 Å². The summed E-state index contributed by atoms with van der Waals surface area (Å²) in [6.07, 6.45) is 11.3. The van der Waals surface area contributed by atoms with Gasteiger partial charge in [0, 0.05) is 13.5 Å². The quantitative estimate of drug-likeness (QED) is 0.388. The summed E-state index contributed by atoms with van der Waals surface area (Å²) in [6, 6.07) is 2.92. The number of methoxy groups -OCH3 is 1. The summed E-state index contributed by atoms with van der Waals surface area (Å²) in [5.74, 6) is 4.63. The number of hydrogen-bond donors (Lipinski definition) is 0. The van der Waals surface area contributed by atoms with Crippen LogP contribution >= 0.6 is 0 Å². The summed E-state index contributed by atoms with van der Waals surface area (Å²) < 4.78 is 25.8. The Morgan fingerprint density at radius 2 is 1.83 bits per heavy atom. The molecule has 4 saturated carbocycles. The van der Waals surface area contributed by atoms with Gasteiger partial charge < -0.3 is 9.15 Å². The zero-order valence-electron chi connectivity index (χ0n) is 25.2. The summed E-state index contributed by atoms with van der Waals surface area (Å²) in [4.78, 5) is 17.9. The molecular formula is C34H44FN3O3. The van der Waals surface area contributed by atoms with Crippen molar-refractivity contribution in [1.82, 2.24) is 15.2 Å². The maximum absolute atomic E-state index is 13.8. The van der Waals surface area contributed by atoms with Crippen molar-refractivity contribution in [2.75, 3.05) is 7.11 Å². The zero-order chi connectivity index (χ0) is 28.7. The third-order valence-corrected chi connectivity index (χ3v) is 12.6. The van der Waals surface area contributed by atoms with E-state index in [1.807, 2.05) is 7.11 Å². The van der Waals surface area contributed by atoms with Gasteiger partial charge >= 0.3 is 0 Å². The fourth-order valence-corrected chi connectivity index (χ4v) is 10.9. The van der Waals surface area contributed by atoms with E-state index in [9.17, 15) is 9.18 Å². The highest BCUT2D eigenvalue weighted by Gasteiger charge is 2.62. The monoisotopic (exact) mass is 561 g/mol. The predicted molar refractivity (Wildman–Crippen MR) is 153 cm³/mol. The number of ether oxygens (including phenoxy) is 1. The highest BCUT2D eigenvalue weighted by molar-refractivity contribution is 6.01. The Kier molecular flexibility index (Phi) is 6.57. The second-order valence-electron chi connectivity index (χ2n) is 14.5. The Morgan fingerprint density at radius 1 is 1.02 bits per heavy atom. The SMILES string of the molecule is COC1CCC2(C)C(CCC3C4CCC5(c6nnc(-c7ccc(F)cn7)o6)CC(=O)C(C(C)C)=C5C4CCC32)C1C. The molecule has 0 bridgehead atoms. The van der Waals surface area contributed by atoms with Crippen LogP contribution in [0, 0.1) is 52.7 Å². The molecule has 2 aromatic rings. The molecule has 0 aliphatic heterocycles. The number of carbonyl (C=O) groups is 1. The lowest BCUT2D eigenvalue weighted by Crippen LogP contribution is -2.56. The Labute approximate surface area is 242 Å². The van der Waals surface area contributed by atoms with Crippen LogP contribution in [0.1, 0.15) is 91.4 Å². The van der Waals surface area contributed by atoms with E-state index in [0.717, 1.165) is 36.7 Å². The number of carbonyl (C=O) groups excluding carboxylic acids is 1. The van der Waals surface area contributed by atoms with Gasteiger partial charge in [-0.2, -0.15) is 0 Å². The smallest absolute Gasteiger partial charge is 0.266 e. The fraction of sp³-hybridized carbons (Fsp3) is 0.706. The standard InChI is InChI=1S/C34H44FN3O3/c1-18(2)29-27(39)16-34(32-38-37-31(41-32)26-11-6-20(35)17-36-26)15-12-21-22-7-9-24-19(3)28(40-5)13-14-33(24,4)25(22)10-8-23(21)30(29)34/h6,11,17-19,21-25,28H,7-10,12-16H2,1-5H3. The van der Waals surface area contributed by atoms with Gasteiger partial charge in [0.25, 0.3) is 5.89 Å². The predicted octanol–water partition coefficient (Wildman–Crippen LogP) is 7.35.